The van der Waals surface area contributed by atoms with Gasteiger partial charge in [-0.3, -0.25) is 14.5 Å². The standard InChI is InChI=1S/C27H33F3N4O2/c1-18-15-20(25(35)31-21-8-3-2-4-9-21)13-14-34(18)17-19-7-5-10-22(16-19)32-26(36)23-11-6-12-24(33-23)27(28,29)30/h5-7,10-12,16,18,20-21H,2-4,8-9,13-15,17H2,1H3,(H,31,35)(H,32,36)/t18-,20-/m1/s1. The maximum Gasteiger partial charge on any atom is 0.433 e. The van der Waals surface area contributed by atoms with Crippen LogP contribution in [0.2, 0.25) is 0 Å². The van der Waals surface area contributed by atoms with Crippen molar-refractivity contribution in [2.45, 2.75) is 76.7 Å². The molecular formula is C27H33F3N4O2. The van der Waals surface area contributed by atoms with Crippen LogP contribution in [0.25, 0.3) is 0 Å². The minimum atomic E-state index is -4.61. The summed E-state index contributed by atoms with van der Waals surface area (Å²) in [4.78, 5) is 31.0. The highest BCUT2D eigenvalue weighted by Gasteiger charge is 2.33. The maximum absolute atomic E-state index is 12.9. The van der Waals surface area contributed by atoms with Crippen LogP contribution in [-0.4, -0.2) is 40.3 Å². The normalized spacial score (nSPS) is 21.7. The van der Waals surface area contributed by atoms with Gasteiger partial charge in [-0.1, -0.05) is 37.5 Å². The Morgan fingerprint density at radius 2 is 1.81 bits per heavy atom. The van der Waals surface area contributed by atoms with Crippen LogP contribution in [0.3, 0.4) is 0 Å². The van der Waals surface area contributed by atoms with Gasteiger partial charge in [-0.2, -0.15) is 13.2 Å². The molecule has 2 fully saturated rings. The lowest BCUT2D eigenvalue weighted by Crippen LogP contribution is -2.47. The number of hydrogen-bond donors (Lipinski definition) is 2. The van der Waals surface area contributed by atoms with Gasteiger partial charge in [0.2, 0.25) is 5.91 Å². The lowest BCUT2D eigenvalue weighted by atomic mass is 9.89. The molecule has 2 amide bonds. The summed E-state index contributed by atoms with van der Waals surface area (Å²) in [6, 6.07) is 11.1. The molecule has 2 aromatic rings. The van der Waals surface area contributed by atoms with E-state index in [0.717, 1.165) is 43.9 Å². The van der Waals surface area contributed by atoms with Gasteiger partial charge in [0.1, 0.15) is 11.4 Å². The van der Waals surface area contributed by atoms with Gasteiger partial charge in [0.25, 0.3) is 5.91 Å². The Morgan fingerprint density at radius 3 is 2.53 bits per heavy atom. The number of piperidine rings is 1. The predicted molar refractivity (Wildman–Crippen MR) is 131 cm³/mol. The molecule has 1 saturated heterocycles. The molecule has 4 rings (SSSR count). The third-order valence-corrected chi connectivity index (χ3v) is 7.18. The number of hydrogen-bond acceptors (Lipinski definition) is 4. The van der Waals surface area contributed by atoms with Crippen molar-refractivity contribution < 1.29 is 22.8 Å². The van der Waals surface area contributed by atoms with Crippen molar-refractivity contribution in [2.75, 3.05) is 11.9 Å². The van der Waals surface area contributed by atoms with Gasteiger partial charge in [0.15, 0.2) is 0 Å². The van der Waals surface area contributed by atoms with Gasteiger partial charge >= 0.3 is 6.18 Å². The van der Waals surface area contributed by atoms with Gasteiger partial charge in [0.05, 0.1) is 0 Å². The fourth-order valence-electron chi connectivity index (χ4n) is 5.16. The van der Waals surface area contributed by atoms with Crippen LogP contribution in [0.4, 0.5) is 18.9 Å². The first-order valence-electron chi connectivity index (χ1n) is 12.7. The molecule has 0 radical (unpaired) electrons. The van der Waals surface area contributed by atoms with Gasteiger partial charge in [-0.05, 0) is 69.0 Å². The first-order chi connectivity index (χ1) is 17.2. The summed E-state index contributed by atoms with van der Waals surface area (Å²) in [6.07, 6.45) is 2.79. The number of aromatic nitrogens is 1. The summed E-state index contributed by atoms with van der Waals surface area (Å²) < 4.78 is 38.8. The molecule has 1 aliphatic carbocycles. The van der Waals surface area contributed by atoms with Crippen molar-refractivity contribution in [1.82, 2.24) is 15.2 Å². The first kappa shape index (κ1) is 26.1. The second kappa shape index (κ2) is 11.4. The number of amides is 2. The van der Waals surface area contributed by atoms with Gasteiger partial charge in [0, 0.05) is 30.2 Å². The molecule has 2 atom stereocenters. The van der Waals surface area contributed by atoms with Crippen molar-refractivity contribution in [3.8, 4) is 0 Å². The number of nitrogens with zero attached hydrogens (tertiary/aromatic N) is 2. The maximum atomic E-state index is 12.9. The van der Waals surface area contributed by atoms with E-state index in [0.29, 0.717) is 18.3 Å². The second-order valence-corrected chi connectivity index (χ2v) is 9.94. The molecule has 6 nitrogen and oxygen atoms in total. The molecule has 2 N–H and O–H groups in total. The van der Waals surface area contributed by atoms with Crippen molar-refractivity contribution in [3.63, 3.8) is 0 Å². The fraction of sp³-hybridized carbons (Fsp3) is 0.519. The number of rotatable bonds is 6. The number of alkyl halides is 3. The SMILES string of the molecule is C[C@@H]1C[C@H](C(=O)NC2CCCCC2)CCN1Cc1cccc(NC(=O)c2cccc(C(F)(F)F)n2)c1. The smallest absolute Gasteiger partial charge is 0.353 e. The third kappa shape index (κ3) is 6.84. The van der Waals surface area contributed by atoms with Crippen molar-refractivity contribution in [2.24, 2.45) is 5.92 Å². The van der Waals surface area contributed by atoms with Crippen LogP contribution in [0.1, 0.15) is 73.6 Å². The lowest BCUT2D eigenvalue weighted by Gasteiger charge is -2.38. The zero-order valence-corrected chi connectivity index (χ0v) is 20.5. The van der Waals surface area contributed by atoms with Gasteiger partial charge in [-0.15, -0.1) is 0 Å². The summed E-state index contributed by atoms with van der Waals surface area (Å²) in [5.74, 6) is -0.485. The molecule has 1 aliphatic heterocycles. The van der Waals surface area contributed by atoms with Crippen molar-refractivity contribution in [3.05, 3.63) is 59.4 Å². The second-order valence-electron chi connectivity index (χ2n) is 9.94. The molecule has 0 spiro atoms. The molecule has 1 aromatic carbocycles. The Balaban J connectivity index is 1.32. The largest absolute Gasteiger partial charge is 0.433 e. The summed E-state index contributed by atoms with van der Waals surface area (Å²) in [7, 11) is 0. The van der Waals surface area contributed by atoms with E-state index in [1.165, 1.54) is 31.4 Å². The number of benzene rings is 1. The Labute approximate surface area is 209 Å². The summed E-state index contributed by atoms with van der Waals surface area (Å²) in [5.41, 5.74) is 0.0685. The average molecular weight is 503 g/mol. The first-order valence-corrected chi connectivity index (χ1v) is 12.7. The van der Waals surface area contributed by atoms with E-state index in [1.54, 1.807) is 12.1 Å². The van der Waals surface area contributed by atoms with Crippen LogP contribution >= 0.6 is 0 Å². The lowest BCUT2D eigenvalue weighted by molar-refractivity contribution is -0.141. The number of pyridine rings is 1. The van der Waals surface area contributed by atoms with Gasteiger partial charge < -0.3 is 10.6 Å². The molecule has 1 saturated carbocycles. The van der Waals surface area contributed by atoms with E-state index in [1.807, 2.05) is 12.1 Å². The van der Waals surface area contributed by atoms with Crippen LogP contribution in [0.5, 0.6) is 0 Å². The van der Waals surface area contributed by atoms with Crippen LogP contribution < -0.4 is 10.6 Å². The third-order valence-electron chi connectivity index (χ3n) is 7.18. The number of likely N-dealkylation sites (tertiary alicyclic amines) is 1. The number of carbonyl (C=O) groups is 2. The summed E-state index contributed by atoms with van der Waals surface area (Å²) >= 11 is 0. The van der Waals surface area contributed by atoms with E-state index in [2.05, 4.69) is 27.4 Å². The number of anilines is 1. The van der Waals surface area contributed by atoms with Crippen LogP contribution in [0.15, 0.2) is 42.5 Å². The zero-order valence-electron chi connectivity index (χ0n) is 20.5. The highest BCUT2D eigenvalue weighted by molar-refractivity contribution is 6.02. The molecule has 36 heavy (non-hydrogen) atoms. The molecule has 1 aromatic heterocycles. The molecule has 0 bridgehead atoms. The van der Waals surface area contributed by atoms with E-state index >= 15 is 0 Å². The number of halogens is 3. The van der Waals surface area contributed by atoms with E-state index < -0.39 is 17.8 Å². The summed E-state index contributed by atoms with van der Waals surface area (Å²) in [5, 5.41) is 5.91. The van der Waals surface area contributed by atoms with Crippen molar-refractivity contribution >= 4 is 17.5 Å². The summed E-state index contributed by atoms with van der Waals surface area (Å²) in [6.45, 7) is 3.59. The zero-order chi connectivity index (χ0) is 25.7. The molecule has 0 unspecified atom stereocenters. The Morgan fingerprint density at radius 1 is 1.06 bits per heavy atom. The van der Waals surface area contributed by atoms with E-state index in [9.17, 15) is 22.8 Å². The predicted octanol–water partition coefficient (Wildman–Crippen LogP) is 5.40. The molecular weight excluding hydrogens is 469 g/mol. The fourth-order valence-corrected chi connectivity index (χ4v) is 5.16. The monoisotopic (exact) mass is 502 g/mol. The Hall–Kier alpha value is -2.94. The number of carbonyl (C=O) groups excluding carboxylic acids is 2. The topological polar surface area (TPSA) is 74.3 Å². The highest BCUT2D eigenvalue weighted by Crippen LogP contribution is 2.28. The Kier molecular flexibility index (Phi) is 8.28. The van der Waals surface area contributed by atoms with Crippen molar-refractivity contribution in [1.29, 1.82) is 0 Å². The van der Waals surface area contributed by atoms with E-state index in [4.69, 9.17) is 0 Å². The molecule has 2 heterocycles. The quantitative estimate of drug-likeness (QED) is 0.555. The van der Waals surface area contributed by atoms with Crippen LogP contribution in [-0.2, 0) is 17.5 Å². The number of nitrogens with one attached hydrogen (secondary N) is 2. The minimum absolute atomic E-state index is 0.0313. The average Bonchev–Trinajstić information content (AvgIpc) is 2.85. The molecule has 194 valence electrons. The molecule has 9 heteroatoms. The van der Waals surface area contributed by atoms with E-state index in [-0.39, 0.29) is 23.6 Å². The minimum Gasteiger partial charge on any atom is -0.353 e. The van der Waals surface area contributed by atoms with Gasteiger partial charge in [-0.25, -0.2) is 4.98 Å². The molecule has 2 aliphatic rings. The Bertz CT molecular complexity index is 1070. The van der Waals surface area contributed by atoms with Crippen LogP contribution in [0, 0.1) is 5.92 Å². The highest BCUT2D eigenvalue weighted by atomic mass is 19.4.